The van der Waals surface area contributed by atoms with Gasteiger partial charge in [-0.1, -0.05) is 30.9 Å². The van der Waals surface area contributed by atoms with Gasteiger partial charge in [0.05, 0.1) is 4.47 Å². The van der Waals surface area contributed by atoms with E-state index in [9.17, 15) is 4.79 Å². The van der Waals surface area contributed by atoms with E-state index in [-0.39, 0.29) is 5.91 Å². The summed E-state index contributed by atoms with van der Waals surface area (Å²) >= 11 is 3.42. The fourth-order valence-corrected chi connectivity index (χ4v) is 2.93. The monoisotopic (exact) mass is 422 g/mol. The molecule has 0 fully saturated rings. The highest BCUT2D eigenvalue weighted by Gasteiger charge is 2.09. The Hall–Kier alpha value is -3.05. The first-order valence-corrected chi connectivity index (χ1v) is 9.22. The summed E-state index contributed by atoms with van der Waals surface area (Å²) in [6.45, 7) is 4.03. The van der Waals surface area contributed by atoms with Gasteiger partial charge in [0.25, 0.3) is 5.91 Å². The number of benzene rings is 3. The van der Waals surface area contributed by atoms with Crippen molar-refractivity contribution in [2.45, 2.75) is 0 Å². The van der Waals surface area contributed by atoms with Crippen LogP contribution in [-0.4, -0.2) is 12.5 Å². The Balaban J connectivity index is 1.63. The molecule has 0 unspecified atom stereocenters. The van der Waals surface area contributed by atoms with Crippen molar-refractivity contribution in [3.63, 3.8) is 0 Å². The zero-order valence-electron chi connectivity index (χ0n) is 14.6. The molecule has 3 aromatic carbocycles. The normalized spacial score (nSPS) is 10.1. The molecule has 0 saturated carbocycles. The van der Waals surface area contributed by atoms with Gasteiger partial charge in [0.15, 0.2) is 0 Å². The number of hydrogen-bond acceptors (Lipinski definition) is 3. The van der Waals surface area contributed by atoms with Gasteiger partial charge < -0.3 is 15.4 Å². The van der Waals surface area contributed by atoms with Crippen LogP contribution in [0, 0.1) is 0 Å². The van der Waals surface area contributed by atoms with Crippen LogP contribution in [0.2, 0.25) is 0 Å². The number of ether oxygens (including phenoxy) is 1. The van der Waals surface area contributed by atoms with Gasteiger partial charge in [0, 0.05) is 22.6 Å². The highest BCUT2D eigenvalue weighted by molar-refractivity contribution is 9.10. The molecule has 0 heterocycles. The molecule has 27 heavy (non-hydrogen) atoms. The molecule has 0 radical (unpaired) electrons. The number of carbonyl (C=O) groups excluding carboxylic acids is 1. The van der Waals surface area contributed by atoms with Crippen molar-refractivity contribution in [2.75, 3.05) is 17.2 Å². The smallest absolute Gasteiger partial charge is 0.255 e. The molecule has 0 aromatic heterocycles. The first-order chi connectivity index (χ1) is 13.2. The Kier molecular flexibility index (Phi) is 6.28. The van der Waals surface area contributed by atoms with Gasteiger partial charge in [-0.2, -0.15) is 0 Å². The first kappa shape index (κ1) is 18.7. The number of nitrogens with one attached hydrogen (secondary N) is 2. The van der Waals surface area contributed by atoms with E-state index in [2.05, 4.69) is 33.1 Å². The largest absolute Gasteiger partial charge is 0.488 e. The number of hydrogen-bond donors (Lipinski definition) is 2. The Morgan fingerprint density at radius 1 is 0.963 bits per heavy atom. The third kappa shape index (κ3) is 5.21. The van der Waals surface area contributed by atoms with Crippen LogP contribution in [0.3, 0.4) is 0 Å². The summed E-state index contributed by atoms with van der Waals surface area (Å²) in [5, 5.41) is 6.20. The van der Waals surface area contributed by atoms with Crippen molar-refractivity contribution in [3.8, 4) is 5.75 Å². The topological polar surface area (TPSA) is 50.4 Å². The maximum Gasteiger partial charge on any atom is 0.255 e. The molecular formula is C22H19BrN2O2. The number of para-hydroxylation sites is 1. The summed E-state index contributed by atoms with van der Waals surface area (Å²) in [5.74, 6) is 0.484. The zero-order valence-corrected chi connectivity index (χ0v) is 16.2. The number of rotatable bonds is 7. The molecule has 0 aliphatic heterocycles. The van der Waals surface area contributed by atoms with Crippen molar-refractivity contribution in [2.24, 2.45) is 0 Å². The second-order valence-corrected chi connectivity index (χ2v) is 6.62. The van der Waals surface area contributed by atoms with Gasteiger partial charge in [0.1, 0.15) is 12.4 Å². The van der Waals surface area contributed by atoms with E-state index < -0.39 is 0 Å². The lowest BCUT2D eigenvalue weighted by atomic mass is 10.2. The van der Waals surface area contributed by atoms with E-state index in [0.717, 1.165) is 21.5 Å². The van der Waals surface area contributed by atoms with Crippen LogP contribution in [0.1, 0.15) is 10.4 Å². The van der Waals surface area contributed by atoms with Crippen molar-refractivity contribution in [1.82, 2.24) is 0 Å². The highest BCUT2D eigenvalue weighted by Crippen LogP contribution is 2.26. The SMILES string of the molecule is C=CCOc1ccc(C(=O)Nc2ccc(Nc3ccccc3)cc2)cc1Br. The summed E-state index contributed by atoms with van der Waals surface area (Å²) in [7, 11) is 0. The summed E-state index contributed by atoms with van der Waals surface area (Å²) in [6.07, 6.45) is 1.67. The molecule has 0 atom stereocenters. The Morgan fingerprint density at radius 2 is 1.63 bits per heavy atom. The second-order valence-electron chi connectivity index (χ2n) is 5.77. The molecule has 1 amide bonds. The minimum Gasteiger partial charge on any atom is -0.488 e. The second kappa shape index (κ2) is 9.05. The van der Waals surface area contributed by atoms with E-state index in [0.29, 0.717) is 17.9 Å². The number of anilines is 3. The predicted octanol–water partition coefficient (Wildman–Crippen LogP) is 6.01. The summed E-state index contributed by atoms with van der Waals surface area (Å²) in [5.41, 5.74) is 3.23. The fourth-order valence-electron chi connectivity index (χ4n) is 2.44. The van der Waals surface area contributed by atoms with Crippen molar-refractivity contribution in [3.05, 3.63) is 95.5 Å². The van der Waals surface area contributed by atoms with Crippen LogP contribution in [-0.2, 0) is 0 Å². The molecule has 0 saturated heterocycles. The van der Waals surface area contributed by atoms with Crippen LogP contribution in [0.15, 0.2) is 89.9 Å². The van der Waals surface area contributed by atoms with Gasteiger partial charge in [-0.05, 0) is 70.5 Å². The molecule has 4 nitrogen and oxygen atoms in total. The number of carbonyl (C=O) groups is 1. The third-order valence-electron chi connectivity index (χ3n) is 3.76. The van der Waals surface area contributed by atoms with E-state index in [1.807, 2.05) is 54.6 Å². The molecule has 3 rings (SSSR count). The molecule has 0 aliphatic carbocycles. The Bertz CT molecular complexity index is 925. The molecule has 0 aliphatic rings. The maximum atomic E-state index is 12.5. The van der Waals surface area contributed by atoms with Gasteiger partial charge in [0.2, 0.25) is 0 Å². The van der Waals surface area contributed by atoms with Gasteiger partial charge >= 0.3 is 0 Å². The van der Waals surface area contributed by atoms with E-state index in [1.165, 1.54) is 0 Å². The summed E-state index contributed by atoms with van der Waals surface area (Å²) in [6, 6.07) is 22.7. The standard InChI is InChI=1S/C22H19BrN2O2/c1-2-14-27-21-13-8-16(15-20(21)23)22(26)25-19-11-9-18(10-12-19)24-17-6-4-3-5-7-17/h2-13,15,24H,1,14H2,(H,25,26). The van der Waals surface area contributed by atoms with E-state index in [4.69, 9.17) is 4.74 Å². The molecular weight excluding hydrogens is 404 g/mol. The predicted molar refractivity (Wildman–Crippen MR) is 114 cm³/mol. The lowest BCUT2D eigenvalue weighted by molar-refractivity contribution is 0.102. The van der Waals surface area contributed by atoms with Crippen molar-refractivity contribution in [1.29, 1.82) is 0 Å². The third-order valence-corrected chi connectivity index (χ3v) is 4.38. The molecule has 2 N–H and O–H groups in total. The van der Waals surface area contributed by atoms with Crippen molar-refractivity contribution < 1.29 is 9.53 Å². The summed E-state index contributed by atoms with van der Waals surface area (Å²) in [4.78, 5) is 12.5. The number of halogens is 1. The van der Waals surface area contributed by atoms with Gasteiger partial charge in [-0.25, -0.2) is 0 Å². The van der Waals surface area contributed by atoms with Crippen molar-refractivity contribution >= 4 is 38.9 Å². The zero-order chi connectivity index (χ0) is 19.1. The minimum absolute atomic E-state index is 0.185. The van der Waals surface area contributed by atoms with Crippen LogP contribution in [0.25, 0.3) is 0 Å². The highest BCUT2D eigenvalue weighted by atomic mass is 79.9. The molecule has 0 bridgehead atoms. The summed E-state index contributed by atoms with van der Waals surface area (Å²) < 4.78 is 6.22. The van der Waals surface area contributed by atoms with E-state index >= 15 is 0 Å². The molecule has 3 aromatic rings. The van der Waals surface area contributed by atoms with Crippen LogP contribution < -0.4 is 15.4 Å². The molecule has 5 heteroatoms. The Labute approximate surface area is 167 Å². The first-order valence-electron chi connectivity index (χ1n) is 8.42. The average molecular weight is 423 g/mol. The minimum atomic E-state index is -0.185. The Morgan fingerprint density at radius 3 is 2.30 bits per heavy atom. The lowest BCUT2D eigenvalue weighted by Gasteiger charge is -2.10. The number of amides is 1. The molecule has 0 spiro atoms. The van der Waals surface area contributed by atoms with Gasteiger partial charge in [-0.15, -0.1) is 0 Å². The van der Waals surface area contributed by atoms with E-state index in [1.54, 1.807) is 24.3 Å². The van der Waals surface area contributed by atoms with Crippen LogP contribution >= 0.6 is 15.9 Å². The maximum absolute atomic E-state index is 12.5. The quantitative estimate of drug-likeness (QED) is 0.458. The van der Waals surface area contributed by atoms with Gasteiger partial charge in [-0.3, -0.25) is 4.79 Å². The molecule has 136 valence electrons. The average Bonchev–Trinajstić information content (AvgIpc) is 2.69. The van der Waals surface area contributed by atoms with Crippen LogP contribution in [0.4, 0.5) is 17.1 Å². The lowest BCUT2D eigenvalue weighted by Crippen LogP contribution is -2.12. The fraction of sp³-hybridized carbons (Fsp3) is 0.0455. The van der Waals surface area contributed by atoms with Crippen LogP contribution in [0.5, 0.6) is 5.75 Å².